The molecule has 1 amide bonds. The molecule has 0 aliphatic carbocycles. The topological polar surface area (TPSA) is 50.4 Å². The minimum Gasteiger partial charge on any atom is -0.497 e. The van der Waals surface area contributed by atoms with Gasteiger partial charge in [0.05, 0.1) is 12.0 Å². The Bertz CT molecular complexity index is 694. The van der Waals surface area contributed by atoms with Crippen molar-refractivity contribution in [3.63, 3.8) is 0 Å². The van der Waals surface area contributed by atoms with Crippen LogP contribution in [0.15, 0.2) is 30.3 Å². The van der Waals surface area contributed by atoms with Crippen LogP contribution in [0, 0.1) is 12.8 Å². The van der Waals surface area contributed by atoms with Gasteiger partial charge in [-0.05, 0) is 68.1 Å². The number of methoxy groups -OCH3 is 1. The fourth-order valence-electron chi connectivity index (χ4n) is 3.07. The third kappa shape index (κ3) is 4.97. The van der Waals surface area contributed by atoms with E-state index >= 15 is 0 Å². The average Bonchev–Trinajstić information content (AvgIpc) is 3.02. The van der Waals surface area contributed by atoms with E-state index in [0.717, 1.165) is 46.3 Å². The number of thiophene rings is 1. The molecule has 1 fully saturated rings. The number of hydrogen-bond acceptors (Lipinski definition) is 4. The van der Waals surface area contributed by atoms with Gasteiger partial charge in [-0.15, -0.1) is 23.7 Å². The van der Waals surface area contributed by atoms with E-state index in [0.29, 0.717) is 5.92 Å². The predicted molar refractivity (Wildman–Crippen MR) is 106 cm³/mol. The standard InChI is InChI=1S/C19H24N2O2S.ClH/c1-13-17(15-5-7-16(23-2)8-6-15)10-18(24-13)19(22)21-12-14-4-3-9-20-11-14;/h5-8,10,14,20H,3-4,9,11-12H2,1-2H3,(H,21,22);1H. The fraction of sp³-hybridized carbons (Fsp3) is 0.421. The molecule has 1 atom stereocenters. The third-order valence-corrected chi connectivity index (χ3v) is 5.54. The molecule has 0 radical (unpaired) electrons. The second-order valence-electron chi connectivity index (χ2n) is 6.23. The Balaban J connectivity index is 0.00000225. The number of ether oxygens (including phenoxy) is 1. The number of amides is 1. The zero-order chi connectivity index (χ0) is 16.9. The predicted octanol–water partition coefficient (Wildman–Crippen LogP) is 3.88. The van der Waals surface area contributed by atoms with Gasteiger partial charge in [0.2, 0.25) is 0 Å². The summed E-state index contributed by atoms with van der Waals surface area (Å²) in [7, 11) is 1.66. The highest BCUT2D eigenvalue weighted by molar-refractivity contribution is 7.14. The van der Waals surface area contributed by atoms with Gasteiger partial charge in [-0.3, -0.25) is 4.79 Å². The van der Waals surface area contributed by atoms with E-state index in [1.807, 2.05) is 30.3 Å². The summed E-state index contributed by atoms with van der Waals surface area (Å²) in [6, 6.07) is 9.95. The number of hydrogen-bond donors (Lipinski definition) is 2. The minimum absolute atomic E-state index is 0. The maximum absolute atomic E-state index is 12.4. The van der Waals surface area contributed by atoms with E-state index in [-0.39, 0.29) is 18.3 Å². The first-order valence-corrected chi connectivity index (χ1v) is 9.23. The van der Waals surface area contributed by atoms with Crippen molar-refractivity contribution in [1.29, 1.82) is 0 Å². The Labute approximate surface area is 159 Å². The van der Waals surface area contributed by atoms with E-state index in [4.69, 9.17) is 4.74 Å². The van der Waals surface area contributed by atoms with Crippen LogP contribution in [0.4, 0.5) is 0 Å². The molecular formula is C19H25ClN2O2S. The lowest BCUT2D eigenvalue weighted by Gasteiger charge is -2.22. The molecule has 4 nitrogen and oxygen atoms in total. The van der Waals surface area contributed by atoms with Crippen molar-refractivity contribution in [2.45, 2.75) is 19.8 Å². The molecule has 1 saturated heterocycles. The number of carbonyl (C=O) groups is 1. The van der Waals surface area contributed by atoms with Gasteiger partial charge in [-0.1, -0.05) is 12.1 Å². The van der Waals surface area contributed by atoms with Crippen molar-refractivity contribution in [2.75, 3.05) is 26.7 Å². The SMILES string of the molecule is COc1ccc(-c2cc(C(=O)NCC3CCCNC3)sc2C)cc1.Cl. The first kappa shape index (κ1) is 19.8. The number of aryl methyl sites for hydroxylation is 1. The third-order valence-electron chi connectivity index (χ3n) is 4.49. The first-order valence-electron chi connectivity index (χ1n) is 8.41. The molecule has 2 aromatic rings. The summed E-state index contributed by atoms with van der Waals surface area (Å²) in [5.74, 6) is 1.42. The molecule has 0 spiro atoms. The minimum atomic E-state index is 0. The molecule has 0 saturated carbocycles. The number of piperidine rings is 1. The van der Waals surface area contributed by atoms with Crippen molar-refractivity contribution < 1.29 is 9.53 Å². The van der Waals surface area contributed by atoms with E-state index in [1.54, 1.807) is 18.4 Å². The number of carbonyl (C=O) groups excluding carboxylic acids is 1. The Morgan fingerprint density at radius 1 is 1.36 bits per heavy atom. The van der Waals surface area contributed by atoms with Gasteiger partial charge in [0.15, 0.2) is 0 Å². The van der Waals surface area contributed by atoms with Gasteiger partial charge in [0.25, 0.3) is 5.91 Å². The normalized spacial score (nSPS) is 16.8. The van der Waals surface area contributed by atoms with Crippen LogP contribution < -0.4 is 15.4 Å². The summed E-state index contributed by atoms with van der Waals surface area (Å²) in [6.45, 7) is 4.91. The van der Waals surface area contributed by atoms with E-state index < -0.39 is 0 Å². The average molecular weight is 381 g/mol. The molecule has 1 aliphatic heterocycles. The zero-order valence-electron chi connectivity index (χ0n) is 14.6. The van der Waals surface area contributed by atoms with E-state index in [2.05, 4.69) is 17.6 Å². The molecule has 2 N–H and O–H groups in total. The van der Waals surface area contributed by atoms with E-state index in [1.165, 1.54) is 12.8 Å². The van der Waals surface area contributed by atoms with Crippen LogP contribution >= 0.6 is 23.7 Å². The molecule has 136 valence electrons. The summed E-state index contributed by atoms with van der Waals surface area (Å²) in [5.41, 5.74) is 2.23. The maximum atomic E-state index is 12.4. The number of nitrogens with one attached hydrogen (secondary N) is 2. The van der Waals surface area contributed by atoms with Crippen molar-refractivity contribution in [3.8, 4) is 16.9 Å². The molecule has 1 unspecified atom stereocenters. The Kier molecular flexibility index (Phi) is 7.29. The summed E-state index contributed by atoms with van der Waals surface area (Å²) in [6.07, 6.45) is 2.38. The Hall–Kier alpha value is -1.56. The molecule has 1 aromatic heterocycles. The molecule has 3 rings (SSSR count). The largest absolute Gasteiger partial charge is 0.497 e. The summed E-state index contributed by atoms with van der Waals surface area (Å²) < 4.78 is 5.20. The number of benzene rings is 1. The lowest BCUT2D eigenvalue weighted by Crippen LogP contribution is -2.37. The lowest BCUT2D eigenvalue weighted by atomic mass is 10.00. The number of rotatable bonds is 5. The molecule has 25 heavy (non-hydrogen) atoms. The molecular weight excluding hydrogens is 356 g/mol. The van der Waals surface area contributed by atoms with Gasteiger partial charge in [-0.25, -0.2) is 0 Å². The van der Waals surface area contributed by atoms with Gasteiger partial charge in [-0.2, -0.15) is 0 Å². The maximum Gasteiger partial charge on any atom is 0.261 e. The van der Waals surface area contributed by atoms with Crippen molar-refractivity contribution in [3.05, 3.63) is 40.1 Å². The van der Waals surface area contributed by atoms with Crippen molar-refractivity contribution in [2.24, 2.45) is 5.92 Å². The van der Waals surface area contributed by atoms with Gasteiger partial charge < -0.3 is 15.4 Å². The van der Waals surface area contributed by atoms with E-state index in [9.17, 15) is 4.79 Å². The van der Waals surface area contributed by atoms with Crippen LogP contribution in [0.2, 0.25) is 0 Å². The zero-order valence-corrected chi connectivity index (χ0v) is 16.3. The highest BCUT2D eigenvalue weighted by atomic mass is 35.5. The highest BCUT2D eigenvalue weighted by Crippen LogP contribution is 2.32. The van der Waals surface area contributed by atoms with Crippen LogP contribution in [0.25, 0.3) is 11.1 Å². The fourth-order valence-corrected chi connectivity index (χ4v) is 4.03. The lowest BCUT2D eigenvalue weighted by molar-refractivity contribution is 0.0949. The second-order valence-corrected chi connectivity index (χ2v) is 7.49. The highest BCUT2D eigenvalue weighted by Gasteiger charge is 2.17. The molecule has 1 aliphatic rings. The monoisotopic (exact) mass is 380 g/mol. The van der Waals surface area contributed by atoms with Gasteiger partial charge in [0.1, 0.15) is 5.75 Å². The van der Waals surface area contributed by atoms with Crippen LogP contribution in [-0.2, 0) is 0 Å². The van der Waals surface area contributed by atoms with Gasteiger partial charge >= 0.3 is 0 Å². The second kappa shape index (κ2) is 9.22. The van der Waals surface area contributed by atoms with Gasteiger partial charge in [0, 0.05) is 11.4 Å². The Morgan fingerprint density at radius 3 is 2.76 bits per heavy atom. The van der Waals surface area contributed by atoms with Crippen LogP contribution in [0.1, 0.15) is 27.4 Å². The first-order chi connectivity index (χ1) is 11.7. The van der Waals surface area contributed by atoms with Crippen LogP contribution in [-0.4, -0.2) is 32.7 Å². The van der Waals surface area contributed by atoms with Crippen LogP contribution in [0.3, 0.4) is 0 Å². The molecule has 6 heteroatoms. The van der Waals surface area contributed by atoms with Crippen molar-refractivity contribution >= 4 is 29.7 Å². The number of halogens is 1. The van der Waals surface area contributed by atoms with Crippen LogP contribution in [0.5, 0.6) is 5.75 Å². The Morgan fingerprint density at radius 2 is 2.12 bits per heavy atom. The summed E-state index contributed by atoms with van der Waals surface area (Å²) >= 11 is 1.55. The quantitative estimate of drug-likeness (QED) is 0.827. The smallest absolute Gasteiger partial charge is 0.261 e. The van der Waals surface area contributed by atoms with Crippen molar-refractivity contribution in [1.82, 2.24) is 10.6 Å². The molecule has 1 aromatic carbocycles. The summed E-state index contributed by atoms with van der Waals surface area (Å²) in [4.78, 5) is 14.4. The molecule has 2 heterocycles. The molecule has 0 bridgehead atoms. The summed E-state index contributed by atoms with van der Waals surface area (Å²) in [5, 5.41) is 6.47.